The molecular weight excluding hydrogens is 267 g/mol. The standard InChI is InChI=1S/C15H20F3NO/c1-14(2)9-12-8-11(4-5-13(12)20-14)10-19-7-3-6-15(16,17)18/h4-5,8,19H,3,6-7,9-10H2,1-2H3. The van der Waals surface area contributed by atoms with Crippen molar-refractivity contribution in [1.82, 2.24) is 5.32 Å². The molecule has 1 aromatic carbocycles. The quantitative estimate of drug-likeness (QED) is 0.831. The van der Waals surface area contributed by atoms with Gasteiger partial charge in [0.25, 0.3) is 0 Å². The molecule has 112 valence electrons. The van der Waals surface area contributed by atoms with E-state index in [9.17, 15) is 13.2 Å². The van der Waals surface area contributed by atoms with Crippen molar-refractivity contribution in [2.75, 3.05) is 6.54 Å². The topological polar surface area (TPSA) is 21.3 Å². The van der Waals surface area contributed by atoms with Crippen LogP contribution in [0.3, 0.4) is 0 Å². The molecule has 1 aliphatic heterocycles. The van der Waals surface area contributed by atoms with Crippen molar-refractivity contribution in [2.24, 2.45) is 0 Å². The van der Waals surface area contributed by atoms with Crippen LogP contribution in [-0.4, -0.2) is 18.3 Å². The molecule has 1 aromatic rings. The molecule has 0 saturated carbocycles. The molecule has 20 heavy (non-hydrogen) atoms. The number of rotatable bonds is 5. The van der Waals surface area contributed by atoms with Gasteiger partial charge >= 0.3 is 6.18 Å². The van der Waals surface area contributed by atoms with Crippen LogP contribution >= 0.6 is 0 Å². The molecule has 0 radical (unpaired) electrons. The summed E-state index contributed by atoms with van der Waals surface area (Å²) in [5.41, 5.74) is 2.09. The van der Waals surface area contributed by atoms with E-state index in [0.29, 0.717) is 13.1 Å². The Hall–Kier alpha value is -1.23. The van der Waals surface area contributed by atoms with Gasteiger partial charge < -0.3 is 10.1 Å². The third-order valence-corrected chi connectivity index (χ3v) is 3.27. The molecular formula is C15H20F3NO. The average Bonchev–Trinajstić information content (AvgIpc) is 2.60. The van der Waals surface area contributed by atoms with Crippen LogP contribution in [0, 0.1) is 0 Å². The van der Waals surface area contributed by atoms with Gasteiger partial charge in [-0.2, -0.15) is 13.2 Å². The highest BCUT2D eigenvalue weighted by atomic mass is 19.4. The molecule has 0 atom stereocenters. The monoisotopic (exact) mass is 287 g/mol. The summed E-state index contributed by atoms with van der Waals surface area (Å²) in [4.78, 5) is 0. The predicted molar refractivity (Wildman–Crippen MR) is 71.8 cm³/mol. The van der Waals surface area contributed by atoms with E-state index in [4.69, 9.17) is 4.74 Å². The van der Waals surface area contributed by atoms with E-state index in [1.165, 1.54) is 5.56 Å². The molecule has 0 unspecified atom stereocenters. The summed E-state index contributed by atoms with van der Waals surface area (Å²) in [5.74, 6) is 0.913. The van der Waals surface area contributed by atoms with Gasteiger partial charge in [0.1, 0.15) is 11.4 Å². The summed E-state index contributed by atoms with van der Waals surface area (Å²) < 4.78 is 41.7. The summed E-state index contributed by atoms with van der Waals surface area (Å²) in [6.45, 7) is 5.05. The second kappa shape index (κ2) is 5.64. The molecule has 0 aromatic heterocycles. The molecule has 0 aliphatic carbocycles. The fourth-order valence-electron chi connectivity index (χ4n) is 2.42. The molecule has 2 rings (SSSR count). The van der Waals surface area contributed by atoms with E-state index in [0.717, 1.165) is 17.7 Å². The summed E-state index contributed by atoms with van der Waals surface area (Å²) in [7, 11) is 0. The molecule has 1 heterocycles. The Balaban J connectivity index is 1.78. The molecule has 0 saturated heterocycles. The van der Waals surface area contributed by atoms with E-state index in [2.05, 4.69) is 11.4 Å². The Morgan fingerprint density at radius 1 is 1.30 bits per heavy atom. The van der Waals surface area contributed by atoms with Gasteiger partial charge in [-0.05, 0) is 44.0 Å². The largest absolute Gasteiger partial charge is 0.487 e. The van der Waals surface area contributed by atoms with Crippen LogP contribution in [0.25, 0.3) is 0 Å². The van der Waals surface area contributed by atoms with Crippen molar-refractivity contribution >= 4 is 0 Å². The second-order valence-corrected chi connectivity index (χ2v) is 5.88. The number of benzene rings is 1. The first kappa shape index (κ1) is 15.2. The lowest BCUT2D eigenvalue weighted by Gasteiger charge is -2.16. The van der Waals surface area contributed by atoms with E-state index in [-0.39, 0.29) is 12.0 Å². The highest BCUT2D eigenvalue weighted by molar-refractivity contribution is 5.41. The van der Waals surface area contributed by atoms with Gasteiger partial charge in [0, 0.05) is 19.4 Å². The highest BCUT2D eigenvalue weighted by Gasteiger charge is 2.29. The summed E-state index contributed by atoms with van der Waals surface area (Å²) in [6.07, 6.45) is -3.81. The normalized spacial score (nSPS) is 16.9. The number of alkyl halides is 3. The maximum atomic E-state index is 12.0. The fourth-order valence-corrected chi connectivity index (χ4v) is 2.42. The van der Waals surface area contributed by atoms with Crippen LogP contribution in [0.4, 0.5) is 13.2 Å². The smallest absolute Gasteiger partial charge is 0.389 e. The molecule has 0 fully saturated rings. The number of halogens is 3. The lowest BCUT2D eigenvalue weighted by atomic mass is 10.0. The first-order valence-corrected chi connectivity index (χ1v) is 6.83. The number of fused-ring (bicyclic) bond motifs is 1. The first-order chi connectivity index (χ1) is 9.25. The van der Waals surface area contributed by atoms with Crippen LogP contribution in [-0.2, 0) is 13.0 Å². The van der Waals surface area contributed by atoms with Crippen molar-refractivity contribution in [1.29, 1.82) is 0 Å². The number of nitrogens with one attached hydrogen (secondary N) is 1. The Labute approximate surface area is 117 Å². The molecule has 0 bridgehead atoms. The summed E-state index contributed by atoms with van der Waals surface area (Å²) >= 11 is 0. The molecule has 0 spiro atoms. The van der Waals surface area contributed by atoms with Crippen LogP contribution < -0.4 is 10.1 Å². The van der Waals surface area contributed by atoms with Gasteiger partial charge in [0.15, 0.2) is 0 Å². The fraction of sp³-hybridized carbons (Fsp3) is 0.600. The third-order valence-electron chi connectivity index (χ3n) is 3.27. The van der Waals surface area contributed by atoms with Crippen molar-refractivity contribution in [2.45, 2.75) is 51.4 Å². The Morgan fingerprint density at radius 3 is 2.75 bits per heavy atom. The highest BCUT2D eigenvalue weighted by Crippen LogP contribution is 2.35. The lowest BCUT2D eigenvalue weighted by molar-refractivity contribution is -0.135. The number of hydrogen-bond acceptors (Lipinski definition) is 2. The summed E-state index contributed by atoms with van der Waals surface area (Å²) in [5, 5.41) is 3.05. The van der Waals surface area contributed by atoms with E-state index in [1.54, 1.807) is 0 Å². The maximum absolute atomic E-state index is 12.0. The average molecular weight is 287 g/mol. The SMILES string of the molecule is CC1(C)Cc2cc(CNCCCC(F)(F)F)ccc2O1. The van der Waals surface area contributed by atoms with Gasteiger partial charge in [-0.15, -0.1) is 0 Å². The van der Waals surface area contributed by atoms with Crippen molar-refractivity contribution in [3.63, 3.8) is 0 Å². The van der Waals surface area contributed by atoms with Gasteiger partial charge in [0.05, 0.1) is 0 Å². The van der Waals surface area contributed by atoms with E-state index < -0.39 is 12.6 Å². The van der Waals surface area contributed by atoms with Crippen molar-refractivity contribution in [3.05, 3.63) is 29.3 Å². The minimum atomic E-state index is -4.06. The minimum Gasteiger partial charge on any atom is -0.487 e. The van der Waals surface area contributed by atoms with Crippen molar-refractivity contribution < 1.29 is 17.9 Å². The zero-order valence-corrected chi connectivity index (χ0v) is 11.8. The molecule has 5 heteroatoms. The second-order valence-electron chi connectivity index (χ2n) is 5.88. The van der Waals surface area contributed by atoms with Gasteiger partial charge in [0.2, 0.25) is 0 Å². The molecule has 0 amide bonds. The number of ether oxygens (including phenoxy) is 1. The Morgan fingerprint density at radius 2 is 2.05 bits per heavy atom. The molecule has 1 aliphatic rings. The van der Waals surface area contributed by atoms with Crippen LogP contribution in [0.5, 0.6) is 5.75 Å². The number of hydrogen-bond donors (Lipinski definition) is 1. The lowest BCUT2D eigenvalue weighted by Crippen LogP contribution is -2.24. The summed E-state index contributed by atoms with van der Waals surface area (Å²) in [6, 6.07) is 5.97. The van der Waals surface area contributed by atoms with Gasteiger partial charge in [-0.3, -0.25) is 0 Å². The maximum Gasteiger partial charge on any atom is 0.389 e. The molecule has 2 nitrogen and oxygen atoms in total. The van der Waals surface area contributed by atoms with Crippen LogP contribution in [0.1, 0.15) is 37.8 Å². The van der Waals surface area contributed by atoms with Crippen LogP contribution in [0.2, 0.25) is 0 Å². The minimum absolute atomic E-state index is 0.116. The van der Waals surface area contributed by atoms with E-state index in [1.807, 2.05) is 26.0 Å². The molecule has 1 N–H and O–H groups in total. The zero-order chi connectivity index (χ0) is 14.8. The predicted octanol–water partition coefficient (Wildman–Crippen LogP) is 3.83. The van der Waals surface area contributed by atoms with Gasteiger partial charge in [-0.1, -0.05) is 12.1 Å². The van der Waals surface area contributed by atoms with Crippen molar-refractivity contribution in [3.8, 4) is 5.75 Å². The van der Waals surface area contributed by atoms with Crippen LogP contribution in [0.15, 0.2) is 18.2 Å². The Bertz CT molecular complexity index is 469. The Kier molecular flexibility index (Phi) is 4.28. The van der Waals surface area contributed by atoms with E-state index >= 15 is 0 Å². The third kappa shape index (κ3) is 4.40. The van der Waals surface area contributed by atoms with Gasteiger partial charge in [-0.25, -0.2) is 0 Å². The first-order valence-electron chi connectivity index (χ1n) is 6.83. The zero-order valence-electron chi connectivity index (χ0n) is 11.8.